The van der Waals surface area contributed by atoms with Gasteiger partial charge in [0.15, 0.2) is 0 Å². The van der Waals surface area contributed by atoms with Gasteiger partial charge < -0.3 is 0 Å². The van der Waals surface area contributed by atoms with Gasteiger partial charge in [0.05, 0.1) is 6.67 Å². The molecular formula is C25H41FSi. The molecule has 2 fully saturated rings. The van der Waals surface area contributed by atoms with E-state index in [0.717, 1.165) is 24.2 Å². The van der Waals surface area contributed by atoms with E-state index in [1.165, 1.54) is 55.2 Å². The van der Waals surface area contributed by atoms with Crippen molar-refractivity contribution in [3.63, 3.8) is 0 Å². The van der Waals surface area contributed by atoms with Crippen molar-refractivity contribution in [3.8, 4) is 0 Å². The predicted octanol–water partition coefficient (Wildman–Crippen LogP) is 7.23. The van der Waals surface area contributed by atoms with Crippen LogP contribution in [-0.2, 0) is 6.42 Å². The zero-order chi connectivity index (χ0) is 18.9. The van der Waals surface area contributed by atoms with Gasteiger partial charge in [-0.25, -0.2) is 0 Å². The van der Waals surface area contributed by atoms with Crippen LogP contribution < -0.4 is 0 Å². The minimum absolute atomic E-state index is 0.200. The molecule has 0 unspecified atom stereocenters. The first-order valence-corrected chi connectivity index (χ1v) is 13.8. The van der Waals surface area contributed by atoms with E-state index in [1.54, 1.807) is 31.7 Å². The van der Waals surface area contributed by atoms with E-state index in [4.69, 9.17) is 0 Å². The second-order valence-electron chi connectivity index (χ2n) is 9.42. The van der Waals surface area contributed by atoms with E-state index < -0.39 is 0 Å². The van der Waals surface area contributed by atoms with Crippen LogP contribution in [0.2, 0.25) is 11.6 Å². The fourth-order valence-electron chi connectivity index (χ4n) is 5.78. The first-order chi connectivity index (χ1) is 13.3. The lowest BCUT2D eigenvalue weighted by Gasteiger charge is -2.38. The summed E-state index contributed by atoms with van der Waals surface area (Å²) in [6, 6.07) is 10.7. The first-order valence-electron chi connectivity index (χ1n) is 11.9. The van der Waals surface area contributed by atoms with Crippen molar-refractivity contribution in [3.05, 3.63) is 35.4 Å². The van der Waals surface area contributed by atoms with Gasteiger partial charge in [0.25, 0.3) is 0 Å². The van der Waals surface area contributed by atoms with Gasteiger partial charge in [-0.1, -0.05) is 81.3 Å². The van der Waals surface area contributed by atoms with Crippen molar-refractivity contribution in [2.24, 2.45) is 11.8 Å². The Bertz CT molecular complexity index is 510. The maximum Gasteiger partial charge on any atom is 0.0897 e. The Morgan fingerprint density at radius 2 is 1.48 bits per heavy atom. The van der Waals surface area contributed by atoms with Crippen LogP contribution in [0.15, 0.2) is 24.3 Å². The number of hydrogen-bond acceptors (Lipinski definition) is 0. The molecule has 0 bridgehead atoms. The molecule has 0 spiro atoms. The molecule has 0 N–H and O–H groups in total. The molecule has 2 aliphatic rings. The van der Waals surface area contributed by atoms with E-state index >= 15 is 0 Å². The van der Waals surface area contributed by atoms with Gasteiger partial charge in [0.2, 0.25) is 0 Å². The number of alkyl halides is 1. The molecule has 0 aromatic heterocycles. The highest BCUT2D eigenvalue weighted by Crippen LogP contribution is 2.45. The van der Waals surface area contributed by atoms with Crippen LogP contribution in [0.4, 0.5) is 4.39 Å². The van der Waals surface area contributed by atoms with Crippen LogP contribution in [0.25, 0.3) is 0 Å². The molecule has 2 heteroatoms. The van der Waals surface area contributed by atoms with Crippen LogP contribution in [0.3, 0.4) is 0 Å². The third-order valence-electron chi connectivity index (χ3n) is 7.60. The molecule has 152 valence electrons. The van der Waals surface area contributed by atoms with Gasteiger partial charge in [-0.2, -0.15) is 0 Å². The van der Waals surface area contributed by atoms with Gasteiger partial charge in [-0.05, 0) is 67.4 Å². The lowest BCUT2D eigenvalue weighted by Crippen LogP contribution is -2.25. The second-order valence-corrected chi connectivity index (χ2v) is 11.9. The number of halogens is 1. The highest BCUT2D eigenvalue weighted by atomic mass is 28.2. The Balaban J connectivity index is 1.39. The number of unbranched alkanes of at least 4 members (excludes halogenated alkanes) is 1. The van der Waals surface area contributed by atoms with E-state index in [2.05, 4.69) is 31.2 Å². The van der Waals surface area contributed by atoms with E-state index in [-0.39, 0.29) is 16.2 Å². The Morgan fingerprint density at radius 3 is 2.07 bits per heavy atom. The summed E-state index contributed by atoms with van der Waals surface area (Å²) in [6.07, 6.45) is 16.3. The largest absolute Gasteiger partial charge is 0.251 e. The third kappa shape index (κ3) is 6.44. The number of aryl methyl sites for hydroxylation is 1. The van der Waals surface area contributed by atoms with Crippen molar-refractivity contribution in [2.45, 2.75) is 101 Å². The summed E-state index contributed by atoms with van der Waals surface area (Å²) in [4.78, 5) is 0. The molecule has 2 saturated carbocycles. The summed E-state index contributed by atoms with van der Waals surface area (Å²) >= 11 is 0. The second kappa shape index (κ2) is 11.4. The molecule has 1 aromatic rings. The fourth-order valence-corrected chi connectivity index (χ4v) is 8.20. The Labute approximate surface area is 169 Å². The molecule has 0 heterocycles. The van der Waals surface area contributed by atoms with Gasteiger partial charge in [0, 0.05) is 9.52 Å². The van der Waals surface area contributed by atoms with Crippen molar-refractivity contribution >= 4 is 9.52 Å². The molecular weight excluding hydrogens is 347 g/mol. The van der Waals surface area contributed by atoms with Crippen LogP contribution in [0.5, 0.6) is 0 Å². The molecule has 0 radical (unpaired) electrons. The lowest BCUT2D eigenvalue weighted by molar-refractivity contribution is 0.186. The van der Waals surface area contributed by atoms with Crippen molar-refractivity contribution < 1.29 is 4.39 Å². The maximum atomic E-state index is 12.3. The summed E-state index contributed by atoms with van der Waals surface area (Å²) in [5, 5.41) is 0. The summed E-state index contributed by atoms with van der Waals surface area (Å²) in [5.41, 5.74) is 4.01. The van der Waals surface area contributed by atoms with Crippen molar-refractivity contribution in [2.75, 3.05) is 6.67 Å². The molecule has 0 amide bonds. The molecule has 27 heavy (non-hydrogen) atoms. The maximum absolute atomic E-state index is 12.3. The van der Waals surface area contributed by atoms with Crippen LogP contribution in [0, 0.1) is 11.8 Å². The van der Waals surface area contributed by atoms with Gasteiger partial charge in [-0.3, -0.25) is 4.39 Å². The monoisotopic (exact) mass is 388 g/mol. The summed E-state index contributed by atoms with van der Waals surface area (Å²) in [5.74, 6) is 2.84. The highest BCUT2D eigenvalue weighted by molar-refractivity contribution is 6.37. The summed E-state index contributed by atoms with van der Waals surface area (Å²) in [6.45, 7) is 2.14. The zero-order valence-electron chi connectivity index (χ0n) is 17.6. The molecule has 0 saturated heterocycles. The van der Waals surface area contributed by atoms with Crippen molar-refractivity contribution in [1.82, 2.24) is 0 Å². The highest BCUT2D eigenvalue weighted by Gasteiger charge is 2.31. The van der Waals surface area contributed by atoms with Gasteiger partial charge in [-0.15, -0.1) is 0 Å². The quantitative estimate of drug-likeness (QED) is 0.309. The van der Waals surface area contributed by atoms with E-state index in [1.807, 2.05) is 0 Å². The van der Waals surface area contributed by atoms with Crippen LogP contribution in [-0.4, -0.2) is 16.2 Å². The van der Waals surface area contributed by atoms with E-state index in [9.17, 15) is 4.39 Å². The van der Waals surface area contributed by atoms with Gasteiger partial charge in [0.1, 0.15) is 0 Å². The Morgan fingerprint density at radius 1 is 0.852 bits per heavy atom. The topological polar surface area (TPSA) is 0 Å². The SMILES string of the molecule is CCCC[SiH2][C@H]1CC[C@H](C2CCC(c3ccc(CCCF)cc3)CC2)CC1. The molecule has 0 aliphatic heterocycles. The van der Waals surface area contributed by atoms with Crippen molar-refractivity contribution in [1.29, 1.82) is 0 Å². The third-order valence-corrected chi connectivity index (χ3v) is 10.1. The predicted molar refractivity (Wildman–Crippen MR) is 119 cm³/mol. The minimum Gasteiger partial charge on any atom is -0.251 e. The number of hydrogen-bond donors (Lipinski definition) is 0. The molecule has 0 atom stereocenters. The van der Waals surface area contributed by atoms with Crippen LogP contribution >= 0.6 is 0 Å². The Kier molecular flexibility index (Phi) is 8.89. The fraction of sp³-hybridized carbons (Fsp3) is 0.760. The molecule has 1 aromatic carbocycles. The Hall–Kier alpha value is -0.633. The smallest absolute Gasteiger partial charge is 0.0897 e. The van der Waals surface area contributed by atoms with Crippen LogP contribution in [0.1, 0.15) is 94.6 Å². The molecule has 2 aliphatic carbocycles. The number of benzene rings is 1. The average molecular weight is 389 g/mol. The van der Waals surface area contributed by atoms with E-state index in [0.29, 0.717) is 6.42 Å². The summed E-state index contributed by atoms with van der Waals surface area (Å²) < 4.78 is 12.3. The number of rotatable bonds is 9. The zero-order valence-corrected chi connectivity index (χ0v) is 19.0. The standard InChI is InChI=1S/C25H41FSi/c1-2-3-19-27-25-16-14-24(15-17-25)23-12-10-22(11-13-23)21-8-6-20(7-9-21)5-4-18-26/h6-9,22-25H,2-5,10-19,27H2,1H3/t22?,23?,24-,25-. The minimum atomic E-state index is -0.200. The normalized spacial score (nSPS) is 29.4. The molecule has 3 rings (SSSR count). The first kappa shape index (κ1) is 21.1. The lowest BCUT2D eigenvalue weighted by atomic mass is 9.70. The molecule has 0 nitrogen and oxygen atoms in total. The average Bonchev–Trinajstić information content (AvgIpc) is 2.73. The van der Waals surface area contributed by atoms with Gasteiger partial charge >= 0.3 is 0 Å². The summed E-state index contributed by atoms with van der Waals surface area (Å²) in [7, 11) is 0.230.